The van der Waals surface area contributed by atoms with Gasteiger partial charge in [-0.3, -0.25) is 9.59 Å². The van der Waals surface area contributed by atoms with Crippen molar-refractivity contribution in [1.29, 1.82) is 0 Å². The highest BCUT2D eigenvalue weighted by Crippen LogP contribution is 2.47. The first-order valence-electron chi connectivity index (χ1n) is 7.85. The molecule has 0 aromatic heterocycles. The molecule has 1 aromatic rings. The molecule has 4 unspecified atom stereocenters. The highest BCUT2D eigenvalue weighted by Gasteiger charge is 2.49. The molecule has 2 aliphatic carbocycles. The summed E-state index contributed by atoms with van der Waals surface area (Å²) in [4.78, 5) is 26.1. The number of nitrogens with one attached hydrogen (secondary N) is 1. The van der Waals surface area contributed by atoms with Crippen LogP contribution >= 0.6 is 12.4 Å². The zero-order chi connectivity index (χ0) is 15.9. The van der Waals surface area contributed by atoms with Crippen LogP contribution in [0.1, 0.15) is 29.6 Å². The fourth-order valence-electron chi connectivity index (χ4n) is 3.94. The molecular formula is C17H24ClN3O2. The lowest BCUT2D eigenvalue weighted by Gasteiger charge is -2.27. The lowest BCUT2D eigenvalue weighted by atomic mass is 9.84. The fraction of sp³-hybridized carbons (Fsp3) is 0.529. The summed E-state index contributed by atoms with van der Waals surface area (Å²) in [5.41, 5.74) is 7.44. The molecule has 0 radical (unpaired) electrons. The Labute approximate surface area is 143 Å². The van der Waals surface area contributed by atoms with E-state index in [-0.39, 0.29) is 36.2 Å². The van der Waals surface area contributed by atoms with Crippen LogP contribution in [-0.4, -0.2) is 36.9 Å². The molecule has 6 heteroatoms. The first kappa shape index (κ1) is 17.8. The van der Waals surface area contributed by atoms with Gasteiger partial charge in [-0.05, 0) is 49.3 Å². The van der Waals surface area contributed by atoms with Crippen molar-refractivity contribution in [3.8, 4) is 0 Å². The third-order valence-corrected chi connectivity index (χ3v) is 5.07. The van der Waals surface area contributed by atoms with E-state index in [2.05, 4.69) is 5.32 Å². The number of amides is 2. The van der Waals surface area contributed by atoms with Gasteiger partial charge in [-0.2, -0.15) is 0 Å². The molecule has 2 fully saturated rings. The molecule has 0 spiro atoms. The molecule has 126 valence electrons. The maximum Gasteiger partial charge on any atom is 0.253 e. The van der Waals surface area contributed by atoms with Crippen LogP contribution < -0.4 is 11.1 Å². The van der Waals surface area contributed by atoms with Crippen LogP contribution in [-0.2, 0) is 4.79 Å². The molecule has 23 heavy (non-hydrogen) atoms. The predicted molar refractivity (Wildman–Crippen MR) is 92.6 cm³/mol. The van der Waals surface area contributed by atoms with E-state index in [0.717, 1.165) is 19.3 Å². The van der Waals surface area contributed by atoms with E-state index in [0.29, 0.717) is 23.1 Å². The van der Waals surface area contributed by atoms with Crippen LogP contribution in [0.15, 0.2) is 24.3 Å². The lowest BCUT2D eigenvalue weighted by Crippen LogP contribution is -2.42. The highest BCUT2D eigenvalue weighted by molar-refractivity contribution is 5.97. The number of anilines is 1. The predicted octanol–water partition coefficient (Wildman–Crippen LogP) is 2.12. The van der Waals surface area contributed by atoms with Crippen molar-refractivity contribution < 1.29 is 9.59 Å². The Hall–Kier alpha value is -1.59. The number of carbonyl (C=O) groups is 2. The van der Waals surface area contributed by atoms with Crippen LogP contribution in [0.25, 0.3) is 0 Å². The highest BCUT2D eigenvalue weighted by atomic mass is 35.5. The molecule has 4 atom stereocenters. The maximum atomic E-state index is 12.5. The van der Waals surface area contributed by atoms with Crippen molar-refractivity contribution >= 4 is 29.9 Å². The van der Waals surface area contributed by atoms with Gasteiger partial charge < -0.3 is 16.0 Å². The molecule has 2 saturated carbocycles. The van der Waals surface area contributed by atoms with Gasteiger partial charge in [0.05, 0.1) is 5.92 Å². The third kappa shape index (κ3) is 3.35. The van der Waals surface area contributed by atoms with Crippen LogP contribution in [0.2, 0.25) is 0 Å². The minimum atomic E-state index is -0.0908. The smallest absolute Gasteiger partial charge is 0.253 e. The minimum absolute atomic E-state index is 0. The number of halogens is 1. The molecule has 0 saturated heterocycles. The van der Waals surface area contributed by atoms with Crippen LogP contribution in [0, 0.1) is 17.8 Å². The molecule has 3 N–H and O–H groups in total. The Kier molecular flexibility index (Phi) is 5.32. The zero-order valence-electron chi connectivity index (χ0n) is 13.5. The summed E-state index contributed by atoms with van der Waals surface area (Å²) in [6, 6.07) is 7.04. The molecule has 2 amide bonds. The second-order valence-electron chi connectivity index (χ2n) is 6.71. The van der Waals surface area contributed by atoms with E-state index in [9.17, 15) is 9.59 Å². The van der Waals surface area contributed by atoms with Crippen molar-refractivity contribution in [2.75, 3.05) is 19.4 Å². The number of hydrogen-bond donors (Lipinski definition) is 2. The first-order chi connectivity index (χ1) is 10.5. The van der Waals surface area contributed by atoms with Crippen LogP contribution in [0.5, 0.6) is 0 Å². The molecule has 1 aromatic carbocycles. The summed E-state index contributed by atoms with van der Waals surface area (Å²) in [5.74, 6) is 0.753. The summed E-state index contributed by atoms with van der Waals surface area (Å²) >= 11 is 0. The van der Waals surface area contributed by atoms with Gasteiger partial charge in [-0.25, -0.2) is 0 Å². The average Bonchev–Trinajstić information content (AvgIpc) is 3.07. The zero-order valence-corrected chi connectivity index (χ0v) is 14.3. The second-order valence-corrected chi connectivity index (χ2v) is 6.71. The van der Waals surface area contributed by atoms with Crippen molar-refractivity contribution in [3.63, 3.8) is 0 Å². The third-order valence-electron chi connectivity index (χ3n) is 5.07. The van der Waals surface area contributed by atoms with Crippen molar-refractivity contribution in [1.82, 2.24) is 4.90 Å². The number of fused-ring (bicyclic) bond motifs is 2. The molecule has 3 rings (SSSR count). The maximum absolute atomic E-state index is 12.5. The average molecular weight is 338 g/mol. The summed E-state index contributed by atoms with van der Waals surface area (Å²) in [6.45, 7) is 0. The van der Waals surface area contributed by atoms with Gasteiger partial charge in [0, 0.05) is 31.4 Å². The quantitative estimate of drug-likeness (QED) is 0.887. The van der Waals surface area contributed by atoms with E-state index in [1.165, 1.54) is 4.90 Å². The normalized spacial score (nSPS) is 28.1. The largest absolute Gasteiger partial charge is 0.345 e. The molecule has 0 aliphatic heterocycles. The first-order valence-corrected chi connectivity index (χ1v) is 7.85. The van der Waals surface area contributed by atoms with Gasteiger partial charge in [0.2, 0.25) is 5.91 Å². The van der Waals surface area contributed by atoms with Gasteiger partial charge in [0.25, 0.3) is 5.91 Å². The topological polar surface area (TPSA) is 75.4 Å². The van der Waals surface area contributed by atoms with E-state index >= 15 is 0 Å². The SMILES string of the molecule is CN(C)C(=O)c1cccc(NC(=O)C2C3CCC(C3)C2N)c1.Cl. The van der Waals surface area contributed by atoms with E-state index in [4.69, 9.17) is 5.73 Å². The van der Waals surface area contributed by atoms with Crippen LogP contribution in [0.3, 0.4) is 0 Å². The number of nitrogens with two attached hydrogens (primary N) is 1. The minimum Gasteiger partial charge on any atom is -0.345 e. The Morgan fingerprint density at radius 2 is 1.91 bits per heavy atom. The standard InChI is InChI=1S/C17H23N3O2.ClH/c1-20(2)17(22)12-4-3-5-13(9-12)19-16(21)14-10-6-7-11(8-10)15(14)18;/h3-5,9-11,14-15H,6-8,18H2,1-2H3,(H,19,21);1H. The number of nitrogens with zero attached hydrogens (tertiary/aromatic N) is 1. The summed E-state index contributed by atoms with van der Waals surface area (Å²) in [5, 5.41) is 2.94. The van der Waals surface area contributed by atoms with Crippen LogP contribution in [0.4, 0.5) is 5.69 Å². The molecular weight excluding hydrogens is 314 g/mol. The summed E-state index contributed by atoms with van der Waals surface area (Å²) < 4.78 is 0. The Morgan fingerprint density at radius 1 is 1.22 bits per heavy atom. The Bertz CT molecular complexity index is 603. The van der Waals surface area contributed by atoms with E-state index in [1.54, 1.807) is 32.3 Å². The molecule has 0 heterocycles. The van der Waals surface area contributed by atoms with Crippen molar-refractivity contribution in [2.45, 2.75) is 25.3 Å². The monoisotopic (exact) mass is 337 g/mol. The fourth-order valence-corrected chi connectivity index (χ4v) is 3.94. The van der Waals surface area contributed by atoms with Crippen molar-refractivity contribution in [3.05, 3.63) is 29.8 Å². The van der Waals surface area contributed by atoms with Gasteiger partial charge in [0.15, 0.2) is 0 Å². The Balaban J connectivity index is 0.00000192. The number of hydrogen-bond acceptors (Lipinski definition) is 3. The van der Waals surface area contributed by atoms with Gasteiger partial charge in [-0.15, -0.1) is 12.4 Å². The van der Waals surface area contributed by atoms with E-state index in [1.807, 2.05) is 6.07 Å². The second kappa shape index (κ2) is 6.89. The van der Waals surface area contributed by atoms with E-state index < -0.39 is 0 Å². The molecule has 2 bridgehead atoms. The summed E-state index contributed by atoms with van der Waals surface area (Å²) in [7, 11) is 3.42. The molecule has 5 nitrogen and oxygen atoms in total. The lowest BCUT2D eigenvalue weighted by molar-refractivity contribution is -0.121. The summed E-state index contributed by atoms with van der Waals surface area (Å²) in [6.07, 6.45) is 3.34. The van der Waals surface area contributed by atoms with Gasteiger partial charge >= 0.3 is 0 Å². The number of benzene rings is 1. The van der Waals surface area contributed by atoms with Gasteiger partial charge in [0.1, 0.15) is 0 Å². The van der Waals surface area contributed by atoms with Crippen molar-refractivity contribution in [2.24, 2.45) is 23.5 Å². The van der Waals surface area contributed by atoms with Gasteiger partial charge in [-0.1, -0.05) is 6.07 Å². The number of carbonyl (C=O) groups excluding carboxylic acids is 2. The molecule has 2 aliphatic rings. The number of rotatable bonds is 3. The Morgan fingerprint density at radius 3 is 2.52 bits per heavy atom.